The maximum Gasteiger partial charge on any atom is 0.324 e. The molecular weight excluding hydrogens is 316 g/mol. The van der Waals surface area contributed by atoms with Crippen molar-refractivity contribution in [3.63, 3.8) is 0 Å². The van der Waals surface area contributed by atoms with Gasteiger partial charge in [0, 0.05) is 30.6 Å². The van der Waals surface area contributed by atoms with Crippen LogP contribution in [0.4, 0.5) is 4.79 Å². The first-order valence-corrected chi connectivity index (χ1v) is 8.73. The summed E-state index contributed by atoms with van der Waals surface area (Å²) in [7, 11) is 0. The standard InChI is InChI=1S/C15H20N4O3S/c1-10-9-23-14(16-10)11-4-2-3-6-19(11)13(21)8-18-7-5-12(20)17-15(18)22/h9,11H,2-8H2,1H3,(H,17,20,22)/t11-/m0/s1. The number of aromatic nitrogens is 1. The molecule has 3 heterocycles. The second-order valence-electron chi connectivity index (χ2n) is 5.95. The summed E-state index contributed by atoms with van der Waals surface area (Å²) in [5.41, 5.74) is 0.969. The van der Waals surface area contributed by atoms with Crippen molar-refractivity contribution in [1.29, 1.82) is 0 Å². The van der Waals surface area contributed by atoms with Crippen LogP contribution in [0, 0.1) is 6.92 Å². The number of aryl methyl sites for hydroxylation is 1. The lowest BCUT2D eigenvalue weighted by Crippen LogP contribution is -2.53. The van der Waals surface area contributed by atoms with E-state index in [2.05, 4.69) is 10.3 Å². The third-order valence-corrected chi connectivity index (χ3v) is 5.28. The Morgan fingerprint density at radius 2 is 2.22 bits per heavy atom. The summed E-state index contributed by atoms with van der Waals surface area (Å²) in [6.07, 6.45) is 3.19. The molecule has 3 rings (SSSR count). The van der Waals surface area contributed by atoms with Crippen molar-refractivity contribution in [2.45, 2.75) is 38.6 Å². The first kappa shape index (κ1) is 15.9. The molecule has 2 fully saturated rings. The van der Waals surface area contributed by atoms with E-state index in [9.17, 15) is 14.4 Å². The predicted molar refractivity (Wildman–Crippen MR) is 84.9 cm³/mol. The van der Waals surface area contributed by atoms with Crippen LogP contribution >= 0.6 is 11.3 Å². The average molecular weight is 336 g/mol. The molecule has 1 atom stereocenters. The summed E-state index contributed by atoms with van der Waals surface area (Å²) in [5.74, 6) is -0.361. The maximum absolute atomic E-state index is 12.7. The Morgan fingerprint density at radius 3 is 2.91 bits per heavy atom. The van der Waals surface area contributed by atoms with Crippen molar-refractivity contribution in [2.24, 2.45) is 0 Å². The number of rotatable bonds is 3. The largest absolute Gasteiger partial charge is 0.332 e. The molecule has 8 heteroatoms. The summed E-state index contributed by atoms with van der Waals surface area (Å²) in [6.45, 7) is 2.95. The molecule has 23 heavy (non-hydrogen) atoms. The Balaban J connectivity index is 1.69. The van der Waals surface area contributed by atoms with Gasteiger partial charge in [-0.25, -0.2) is 9.78 Å². The number of hydrogen-bond acceptors (Lipinski definition) is 5. The van der Waals surface area contributed by atoms with Gasteiger partial charge in [-0.2, -0.15) is 0 Å². The molecule has 0 spiro atoms. The fraction of sp³-hybridized carbons (Fsp3) is 0.600. The van der Waals surface area contributed by atoms with E-state index in [1.54, 1.807) is 11.3 Å². The van der Waals surface area contributed by atoms with Gasteiger partial charge in [0.2, 0.25) is 11.8 Å². The van der Waals surface area contributed by atoms with Crippen molar-refractivity contribution in [1.82, 2.24) is 20.1 Å². The lowest BCUT2D eigenvalue weighted by molar-refractivity contribution is -0.136. The molecular formula is C15H20N4O3S. The van der Waals surface area contributed by atoms with Crippen LogP contribution in [0.1, 0.15) is 42.4 Å². The van der Waals surface area contributed by atoms with Gasteiger partial charge < -0.3 is 9.80 Å². The van der Waals surface area contributed by atoms with Crippen molar-refractivity contribution in [3.8, 4) is 0 Å². The van der Waals surface area contributed by atoms with E-state index in [4.69, 9.17) is 0 Å². The Kier molecular flexibility index (Phi) is 4.61. The number of hydrogen-bond donors (Lipinski definition) is 1. The minimum atomic E-state index is -0.478. The highest BCUT2D eigenvalue weighted by atomic mass is 32.1. The topological polar surface area (TPSA) is 82.6 Å². The molecule has 0 unspecified atom stereocenters. The van der Waals surface area contributed by atoms with Crippen molar-refractivity contribution in [2.75, 3.05) is 19.6 Å². The van der Waals surface area contributed by atoms with Gasteiger partial charge in [-0.3, -0.25) is 14.9 Å². The number of carbonyl (C=O) groups is 3. The lowest BCUT2D eigenvalue weighted by atomic mass is 10.0. The normalized spacial score (nSPS) is 22.2. The number of piperidine rings is 1. The van der Waals surface area contributed by atoms with Crippen LogP contribution in [0.3, 0.4) is 0 Å². The zero-order valence-corrected chi connectivity index (χ0v) is 13.9. The highest BCUT2D eigenvalue weighted by Crippen LogP contribution is 2.32. The molecule has 1 N–H and O–H groups in total. The van der Waals surface area contributed by atoms with Gasteiger partial charge in [-0.05, 0) is 26.2 Å². The first-order valence-electron chi connectivity index (χ1n) is 7.85. The van der Waals surface area contributed by atoms with Gasteiger partial charge in [0.1, 0.15) is 11.6 Å². The van der Waals surface area contributed by atoms with E-state index in [0.29, 0.717) is 13.1 Å². The Bertz CT molecular complexity index is 630. The first-order chi connectivity index (χ1) is 11.0. The molecule has 0 saturated carbocycles. The Labute approximate surface area is 138 Å². The molecule has 0 aliphatic carbocycles. The number of nitrogens with one attached hydrogen (secondary N) is 1. The molecule has 2 saturated heterocycles. The monoisotopic (exact) mass is 336 g/mol. The molecule has 124 valence electrons. The second-order valence-corrected chi connectivity index (χ2v) is 6.84. The predicted octanol–water partition coefficient (Wildman–Crippen LogP) is 1.45. The van der Waals surface area contributed by atoms with Crippen LogP contribution in [0.5, 0.6) is 0 Å². The van der Waals surface area contributed by atoms with Crippen LogP contribution < -0.4 is 5.32 Å². The van der Waals surface area contributed by atoms with Gasteiger partial charge in [-0.15, -0.1) is 11.3 Å². The molecule has 7 nitrogen and oxygen atoms in total. The molecule has 0 bridgehead atoms. The quantitative estimate of drug-likeness (QED) is 0.905. The summed E-state index contributed by atoms with van der Waals surface area (Å²) in [5, 5.41) is 5.21. The molecule has 1 aromatic heterocycles. The smallest absolute Gasteiger partial charge is 0.324 e. The number of imide groups is 1. The SMILES string of the molecule is Cc1csc([C@@H]2CCCCN2C(=O)CN2CCC(=O)NC2=O)n1. The summed E-state index contributed by atoms with van der Waals surface area (Å²) in [6, 6.07) is -0.474. The van der Waals surface area contributed by atoms with Gasteiger partial charge in [-0.1, -0.05) is 0 Å². The third-order valence-electron chi connectivity index (χ3n) is 4.21. The zero-order valence-electron chi connectivity index (χ0n) is 13.1. The van der Waals surface area contributed by atoms with E-state index in [-0.39, 0.29) is 30.8 Å². The molecule has 0 aromatic carbocycles. The maximum atomic E-state index is 12.7. The Morgan fingerprint density at radius 1 is 1.39 bits per heavy atom. The fourth-order valence-corrected chi connectivity index (χ4v) is 3.96. The van der Waals surface area contributed by atoms with Gasteiger partial charge in [0.05, 0.1) is 6.04 Å². The zero-order chi connectivity index (χ0) is 16.4. The van der Waals surface area contributed by atoms with Crippen molar-refractivity contribution < 1.29 is 14.4 Å². The number of nitrogens with zero attached hydrogens (tertiary/aromatic N) is 3. The molecule has 0 radical (unpaired) electrons. The Hall–Kier alpha value is -1.96. The van der Waals surface area contributed by atoms with E-state index in [1.165, 1.54) is 4.90 Å². The summed E-state index contributed by atoms with van der Waals surface area (Å²) in [4.78, 5) is 43.4. The second kappa shape index (κ2) is 6.66. The van der Waals surface area contributed by atoms with Crippen LogP contribution in [0.2, 0.25) is 0 Å². The lowest BCUT2D eigenvalue weighted by Gasteiger charge is -2.36. The molecule has 2 aliphatic rings. The van der Waals surface area contributed by atoms with E-state index >= 15 is 0 Å². The molecule has 1 aromatic rings. The van der Waals surface area contributed by atoms with Crippen molar-refractivity contribution >= 4 is 29.2 Å². The fourth-order valence-electron chi connectivity index (χ4n) is 3.02. The van der Waals surface area contributed by atoms with Crippen LogP contribution in [-0.2, 0) is 9.59 Å². The van der Waals surface area contributed by atoms with E-state index in [0.717, 1.165) is 30.0 Å². The van der Waals surface area contributed by atoms with Crippen LogP contribution in [0.25, 0.3) is 0 Å². The molecule has 2 aliphatic heterocycles. The minimum Gasteiger partial charge on any atom is -0.332 e. The van der Waals surface area contributed by atoms with E-state index < -0.39 is 6.03 Å². The number of likely N-dealkylation sites (tertiary alicyclic amines) is 1. The van der Waals surface area contributed by atoms with Gasteiger partial charge in [0.15, 0.2) is 0 Å². The minimum absolute atomic E-state index is 0.00411. The van der Waals surface area contributed by atoms with E-state index in [1.807, 2.05) is 17.2 Å². The third kappa shape index (κ3) is 3.52. The highest BCUT2D eigenvalue weighted by molar-refractivity contribution is 7.09. The van der Waals surface area contributed by atoms with Crippen LogP contribution in [-0.4, -0.2) is 52.3 Å². The van der Waals surface area contributed by atoms with Crippen LogP contribution in [0.15, 0.2) is 5.38 Å². The number of urea groups is 1. The van der Waals surface area contributed by atoms with Crippen molar-refractivity contribution in [3.05, 3.63) is 16.1 Å². The summed E-state index contributed by atoms with van der Waals surface area (Å²) >= 11 is 1.58. The van der Waals surface area contributed by atoms with Gasteiger partial charge >= 0.3 is 6.03 Å². The number of amides is 4. The highest BCUT2D eigenvalue weighted by Gasteiger charge is 2.32. The molecule has 4 amide bonds. The summed E-state index contributed by atoms with van der Waals surface area (Å²) < 4.78 is 0. The average Bonchev–Trinajstić information content (AvgIpc) is 2.96. The number of thiazole rings is 1. The number of carbonyl (C=O) groups excluding carboxylic acids is 3. The van der Waals surface area contributed by atoms with Gasteiger partial charge in [0.25, 0.3) is 0 Å².